The van der Waals surface area contributed by atoms with Gasteiger partial charge in [-0.25, -0.2) is 0 Å². The molecular formula is C11H12N6O. The summed E-state index contributed by atoms with van der Waals surface area (Å²) in [6.07, 6.45) is 0. The van der Waals surface area contributed by atoms with E-state index in [0.29, 0.717) is 5.69 Å². The molecule has 1 aromatic carbocycles. The molecule has 0 atom stereocenters. The van der Waals surface area contributed by atoms with Crippen LogP contribution in [0.2, 0.25) is 0 Å². The summed E-state index contributed by atoms with van der Waals surface area (Å²) in [7, 11) is 0. The van der Waals surface area contributed by atoms with Crippen LogP contribution < -0.4 is 17.0 Å². The van der Waals surface area contributed by atoms with Crippen LogP contribution in [0.5, 0.6) is 0 Å². The molecule has 5 N–H and O–H groups in total. The van der Waals surface area contributed by atoms with Gasteiger partial charge in [-0.15, -0.1) is 5.11 Å². The molecule has 0 bridgehead atoms. The lowest BCUT2D eigenvalue weighted by Crippen LogP contribution is -2.12. The highest BCUT2D eigenvalue weighted by Gasteiger charge is 2.06. The van der Waals surface area contributed by atoms with Crippen molar-refractivity contribution in [3.63, 3.8) is 0 Å². The maximum Gasteiger partial charge on any atom is 0.282 e. The summed E-state index contributed by atoms with van der Waals surface area (Å²) in [4.78, 5) is 17.5. The summed E-state index contributed by atoms with van der Waals surface area (Å²) in [6.45, 7) is 1.97. The van der Waals surface area contributed by atoms with E-state index in [4.69, 9.17) is 11.5 Å². The fourth-order valence-corrected chi connectivity index (χ4v) is 1.32. The van der Waals surface area contributed by atoms with Gasteiger partial charge in [0.1, 0.15) is 0 Å². The van der Waals surface area contributed by atoms with Gasteiger partial charge in [-0.3, -0.25) is 9.78 Å². The van der Waals surface area contributed by atoms with Crippen LogP contribution in [-0.4, -0.2) is 9.97 Å². The van der Waals surface area contributed by atoms with Crippen LogP contribution >= 0.6 is 0 Å². The predicted molar refractivity (Wildman–Crippen MR) is 69.0 cm³/mol. The fourth-order valence-electron chi connectivity index (χ4n) is 1.32. The highest BCUT2D eigenvalue weighted by molar-refractivity contribution is 5.57. The van der Waals surface area contributed by atoms with Crippen molar-refractivity contribution < 1.29 is 0 Å². The molecule has 2 rings (SSSR count). The Balaban J connectivity index is 2.35. The Morgan fingerprint density at radius 1 is 1.17 bits per heavy atom. The Labute approximate surface area is 103 Å². The number of hydrogen-bond donors (Lipinski definition) is 3. The zero-order chi connectivity index (χ0) is 13.1. The van der Waals surface area contributed by atoms with Gasteiger partial charge in [-0.1, -0.05) is 17.7 Å². The second kappa shape index (κ2) is 4.66. The van der Waals surface area contributed by atoms with E-state index in [2.05, 4.69) is 20.2 Å². The van der Waals surface area contributed by atoms with E-state index in [9.17, 15) is 4.79 Å². The van der Waals surface area contributed by atoms with Gasteiger partial charge < -0.3 is 11.5 Å². The highest BCUT2D eigenvalue weighted by Crippen LogP contribution is 2.19. The highest BCUT2D eigenvalue weighted by atomic mass is 16.1. The van der Waals surface area contributed by atoms with E-state index in [0.717, 1.165) is 5.56 Å². The number of aryl methyl sites for hydroxylation is 1. The Hall–Kier alpha value is -2.70. The Morgan fingerprint density at radius 2 is 1.83 bits per heavy atom. The van der Waals surface area contributed by atoms with Crippen molar-refractivity contribution in [3.05, 3.63) is 40.2 Å². The third-order valence-corrected chi connectivity index (χ3v) is 2.24. The second-order valence-corrected chi connectivity index (χ2v) is 3.72. The normalized spacial score (nSPS) is 10.9. The third kappa shape index (κ3) is 2.51. The van der Waals surface area contributed by atoms with E-state index in [1.54, 1.807) is 12.1 Å². The number of nitrogens with one attached hydrogen (secondary N) is 1. The molecular weight excluding hydrogens is 232 g/mol. The van der Waals surface area contributed by atoms with Crippen molar-refractivity contribution in [2.45, 2.75) is 6.92 Å². The Bertz CT molecular complexity index is 644. The van der Waals surface area contributed by atoms with Crippen molar-refractivity contribution in [3.8, 4) is 0 Å². The molecule has 0 aliphatic carbocycles. The number of nitrogen functional groups attached to an aromatic ring is 2. The zero-order valence-electron chi connectivity index (χ0n) is 9.71. The van der Waals surface area contributed by atoms with Crippen molar-refractivity contribution in [1.82, 2.24) is 9.97 Å². The zero-order valence-corrected chi connectivity index (χ0v) is 9.71. The van der Waals surface area contributed by atoms with Gasteiger partial charge in [-0.2, -0.15) is 10.1 Å². The SMILES string of the molecule is Cc1ccc(N=Nc2c(N)nc(N)[nH]c2=O)cc1. The standard InChI is InChI=1S/C11H12N6O/c1-6-2-4-7(5-3-6)16-17-8-9(12)14-11(13)15-10(8)18/h2-5H,1H3,(H5,12,13,14,15,18). The summed E-state index contributed by atoms with van der Waals surface area (Å²) in [5.41, 5.74) is 12.0. The molecule has 1 heterocycles. The lowest BCUT2D eigenvalue weighted by atomic mass is 10.2. The fraction of sp³-hybridized carbons (Fsp3) is 0.0909. The Kier molecular flexibility index (Phi) is 3.05. The van der Waals surface area contributed by atoms with Gasteiger partial charge in [0, 0.05) is 0 Å². The number of nitrogens with zero attached hydrogens (tertiary/aromatic N) is 3. The van der Waals surface area contributed by atoms with E-state index in [-0.39, 0.29) is 17.5 Å². The first-order valence-corrected chi connectivity index (χ1v) is 5.20. The summed E-state index contributed by atoms with van der Waals surface area (Å²) < 4.78 is 0. The summed E-state index contributed by atoms with van der Waals surface area (Å²) >= 11 is 0. The lowest BCUT2D eigenvalue weighted by molar-refractivity contribution is 1.10. The lowest BCUT2D eigenvalue weighted by Gasteiger charge is -1.98. The van der Waals surface area contributed by atoms with Gasteiger partial charge in [0.05, 0.1) is 5.69 Å². The van der Waals surface area contributed by atoms with Gasteiger partial charge in [0.2, 0.25) is 5.95 Å². The molecule has 0 spiro atoms. The molecule has 0 saturated carbocycles. The van der Waals surface area contributed by atoms with Crippen LogP contribution in [0, 0.1) is 6.92 Å². The van der Waals surface area contributed by atoms with Gasteiger partial charge in [0.25, 0.3) is 5.56 Å². The molecule has 18 heavy (non-hydrogen) atoms. The molecule has 2 aromatic rings. The van der Waals surface area contributed by atoms with Crippen LogP contribution in [0.4, 0.5) is 23.1 Å². The summed E-state index contributed by atoms with van der Waals surface area (Å²) in [5.74, 6) is -0.0982. The predicted octanol–water partition coefficient (Wildman–Crippen LogP) is 1.66. The van der Waals surface area contributed by atoms with E-state index < -0.39 is 5.56 Å². The Morgan fingerprint density at radius 3 is 2.44 bits per heavy atom. The molecule has 7 heteroatoms. The quantitative estimate of drug-likeness (QED) is 0.695. The number of benzene rings is 1. The molecule has 0 aliphatic heterocycles. The van der Waals surface area contributed by atoms with Crippen LogP contribution in [0.3, 0.4) is 0 Å². The molecule has 0 aliphatic rings. The van der Waals surface area contributed by atoms with E-state index in [1.165, 1.54) is 0 Å². The monoisotopic (exact) mass is 244 g/mol. The molecule has 1 aromatic heterocycles. The van der Waals surface area contributed by atoms with Crippen molar-refractivity contribution in [2.75, 3.05) is 11.5 Å². The first-order valence-electron chi connectivity index (χ1n) is 5.20. The number of aromatic nitrogens is 2. The number of hydrogen-bond acceptors (Lipinski definition) is 6. The van der Waals surface area contributed by atoms with Gasteiger partial charge in [0.15, 0.2) is 11.5 Å². The topological polar surface area (TPSA) is 123 Å². The number of anilines is 2. The molecule has 0 amide bonds. The van der Waals surface area contributed by atoms with Crippen LogP contribution in [-0.2, 0) is 0 Å². The van der Waals surface area contributed by atoms with E-state index >= 15 is 0 Å². The molecule has 7 nitrogen and oxygen atoms in total. The maximum absolute atomic E-state index is 11.5. The summed E-state index contributed by atoms with van der Waals surface area (Å²) in [5, 5.41) is 7.70. The first-order chi connectivity index (χ1) is 8.56. The number of azo groups is 1. The average Bonchev–Trinajstić information content (AvgIpc) is 2.30. The molecule has 0 saturated heterocycles. The van der Waals surface area contributed by atoms with Crippen molar-refractivity contribution in [1.29, 1.82) is 0 Å². The van der Waals surface area contributed by atoms with Crippen LogP contribution in [0.25, 0.3) is 0 Å². The van der Waals surface area contributed by atoms with Gasteiger partial charge in [-0.05, 0) is 19.1 Å². The minimum atomic E-state index is -0.518. The number of aromatic amines is 1. The number of nitrogens with two attached hydrogens (primary N) is 2. The molecule has 0 fully saturated rings. The molecule has 92 valence electrons. The van der Waals surface area contributed by atoms with Crippen molar-refractivity contribution in [2.24, 2.45) is 10.2 Å². The maximum atomic E-state index is 11.5. The third-order valence-electron chi connectivity index (χ3n) is 2.24. The van der Waals surface area contributed by atoms with Crippen molar-refractivity contribution >= 4 is 23.1 Å². The van der Waals surface area contributed by atoms with Crippen LogP contribution in [0.15, 0.2) is 39.3 Å². The smallest absolute Gasteiger partial charge is 0.282 e. The first kappa shape index (κ1) is 11.8. The van der Waals surface area contributed by atoms with Gasteiger partial charge >= 0.3 is 0 Å². The summed E-state index contributed by atoms with van der Waals surface area (Å²) in [6, 6.07) is 7.36. The molecule has 0 radical (unpaired) electrons. The number of rotatable bonds is 2. The van der Waals surface area contributed by atoms with E-state index in [1.807, 2.05) is 19.1 Å². The molecule has 0 unspecified atom stereocenters. The van der Waals surface area contributed by atoms with Crippen LogP contribution in [0.1, 0.15) is 5.56 Å². The second-order valence-electron chi connectivity index (χ2n) is 3.72. The average molecular weight is 244 g/mol. The minimum absolute atomic E-state index is 0.0490. The number of H-pyrrole nitrogens is 1. The largest absolute Gasteiger partial charge is 0.382 e. The minimum Gasteiger partial charge on any atom is -0.382 e.